The van der Waals surface area contributed by atoms with Crippen LogP contribution in [0.5, 0.6) is 0 Å². The molecule has 0 aliphatic heterocycles. The molecule has 1 N–H and O–H groups in total. The first kappa shape index (κ1) is 20.0. The lowest BCUT2D eigenvalue weighted by Crippen LogP contribution is -2.22. The Balaban J connectivity index is 2.00. The van der Waals surface area contributed by atoms with Gasteiger partial charge < -0.3 is 10.2 Å². The van der Waals surface area contributed by atoms with Crippen molar-refractivity contribution in [3.63, 3.8) is 0 Å². The molecule has 26 heavy (non-hydrogen) atoms. The van der Waals surface area contributed by atoms with Crippen molar-refractivity contribution in [2.24, 2.45) is 5.92 Å². The lowest BCUT2D eigenvalue weighted by molar-refractivity contribution is 0.642. The van der Waals surface area contributed by atoms with Gasteiger partial charge in [0.15, 0.2) is 0 Å². The molecule has 1 heterocycles. The van der Waals surface area contributed by atoms with Crippen LogP contribution in [0.15, 0.2) is 60.6 Å². The summed E-state index contributed by atoms with van der Waals surface area (Å²) in [5.74, 6) is 0.541. The maximum atomic E-state index is 4.35. The summed E-state index contributed by atoms with van der Waals surface area (Å²) in [4.78, 5) is 6.63. The predicted octanol–water partition coefficient (Wildman–Crippen LogP) is 5.19. The fourth-order valence-electron chi connectivity index (χ4n) is 3.07. The van der Waals surface area contributed by atoms with Crippen LogP contribution in [-0.4, -0.2) is 18.6 Å². The first-order valence-corrected chi connectivity index (χ1v) is 9.73. The zero-order valence-corrected chi connectivity index (χ0v) is 16.7. The van der Waals surface area contributed by atoms with Gasteiger partial charge in [0.25, 0.3) is 0 Å². The van der Waals surface area contributed by atoms with E-state index < -0.39 is 0 Å². The van der Waals surface area contributed by atoms with Crippen molar-refractivity contribution in [3.05, 3.63) is 71.7 Å². The molecule has 1 aromatic carbocycles. The van der Waals surface area contributed by atoms with Gasteiger partial charge in [0.05, 0.1) is 11.9 Å². The summed E-state index contributed by atoms with van der Waals surface area (Å²) in [5, 5.41) is 3.64. The third-order valence-electron chi connectivity index (χ3n) is 4.56. The molecule has 0 spiro atoms. The number of hydrogen-bond acceptors (Lipinski definition) is 3. The average Bonchev–Trinajstić information content (AvgIpc) is 2.65. The van der Waals surface area contributed by atoms with Crippen LogP contribution in [0.1, 0.15) is 44.7 Å². The number of allylic oxidation sites excluding steroid dienone is 2. The van der Waals surface area contributed by atoms with Gasteiger partial charge in [0, 0.05) is 32.0 Å². The van der Waals surface area contributed by atoms with Gasteiger partial charge in [-0.3, -0.25) is 4.98 Å². The Kier molecular flexibility index (Phi) is 8.20. The highest BCUT2D eigenvalue weighted by Crippen LogP contribution is 2.20. The van der Waals surface area contributed by atoms with Crippen LogP contribution in [0, 0.1) is 5.92 Å². The Labute approximate surface area is 159 Å². The van der Waals surface area contributed by atoms with Crippen molar-refractivity contribution in [3.8, 4) is 0 Å². The fourth-order valence-corrected chi connectivity index (χ4v) is 3.07. The van der Waals surface area contributed by atoms with Crippen LogP contribution >= 0.6 is 0 Å². The first-order chi connectivity index (χ1) is 12.6. The molecule has 0 radical (unpaired) electrons. The second-order valence-electron chi connectivity index (χ2n) is 7.13. The maximum Gasteiger partial charge on any atom is 0.0586 e. The van der Waals surface area contributed by atoms with E-state index in [1.807, 2.05) is 12.4 Å². The van der Waals surface area contributed by atoms with Gasteiger partial charge in [-0.05, 0) is 36.0 Å². The van der Waals surface area contributed by atoms with Gasteiger partial charge >= 0.3 is 0 Å². The Morgan fingerprint density at radius 2 is 1.96 bits per heavy atom. The van der Waals surface area contributed by atoms with Gasteiger partial charge in [0.1, 0.15) is 0 Å². The Bertz CT molecular complexity index is 677. The minimum atomic E-state index is 0.541. The van der Waals surface area contributed by atoms with Crippen molar-refractivity contribution in [2.75, 3.05) is 18.5 Å². The number of anilines is 1. The molecule has 0 saturated heterocycles. The zero-order valence-electron chi connectivity index (χ0n) is 16.7. The lowest BCUT2D eigenvalue weighted by atomic mass is 10.1. The minimum Gasteiger partial charge on any atom is -0.388 e. The summed E-state index contributed by atoms with van der Waals surface area (Å²) >= 11 is 0. The highest BCUT2D eigenvalue weighted by Gasteiger charge is 2.09. The predicted molar refractivity (Wildman–Crippen MR) is 112 cm³/mol. The number of hydrogen-bond donors (Lipinski definition) is 1. The summed E-state index contributed by atoms with van der Waals surface area (Å²) in [6, 6.07) is 12.7. The zero-order chi connectivity index (χ0) is 18.8. The Morgan fingerprint density at radius 3 is 2.65 bits per heavy atom. The molecule has 3 heteroatoms. The van der Waals surface area contributed by atoms with E-state index >= 15 is 0 Å². The number of aromatic nitrogens is 1. The maximum absolute atomic E-state index is 4.35. The Morgan fingerprint density at radius 1 is 1.19 bits per heavy atom. The largest absolute Gasteiger partial charge is 0.388 e. The lowest BCUT2D eigenvalue weighted by Gasteiger charge is -2.23. The summed E-state index contributed by atoms with van der Waals surface area (Å²) < 4.78 is 0. The molecule has 0 aliphatic rings. The smallest absolute Gasteiger partial charge is 0.0586 e. The number of benzene rings is 1. The van der Waals surface area contributed by atoms with E-state index in [2.05, 4.69) is 85.5 Å². The van der Waals surface area contributed by atoms with Gasteiger partial charge in [-0.25, -0.2) is 0 Å². The fraction of sp³-hybridized carbons (Fsp3) is 0.435. The van der Waals surface area contributed by atoms with Crippen LogP contribution in [0.25, 0.3) is 0 Å². The van der Waals surface area contributed by atoms with Crippen LogP contribution in [-0.2, 0) is 13.0 Å². The third kappa shape index (κ3) is 6.21. The molecule has 0 atom stereocenters. The molecular formula is C23H33N3. The van der Waals surface area contributed by atoms with Crippen molar-refractivity contribution in [1.29, 1.82) is 0 Å². The van der Waals surface area contributed by atoms with E-state index in [4.69, 9.17) is 0 Å². The number of unbranched alkanes of at least 4 members (excludes halogenated alkanes) is 1. The second kappa shape index (κ2) is 10.6. The van der Waals surface area contributed by atoms with Crippen molar-refractivity contribution >= 4 is 5.69 Å². The number of nitrogens with zero attached hydrogens (tertiary/aromatic N) is 2. The van der Waals surface area contributed by atoms with Crippen LogP contribution in [0.3, 0.4) is 0 Å². The standard InChI is InChI=1S/C23H33N3/c1-5-6-12-22(19(2)3)25-16-14-21-13-15-24-17-23(21)26(4)18-20-10-8-7-9-11-20/h7-13,15,17,19,25H,5-6,14,16,18H2,1-4H3/b22-12+. The summed E-state index contributed by atoms with van der Waals surface area (Å²) in [6.45, 7) is 8.56. The topological polar surface area (TPSA) is 28.2 Å². The highest BCUT2D eigenvalue weighted by molar-refractivity contribution is 5.51. The van der Waals surface area contributed by atoms with E-state index in [9.17, 15) is 0 Å². The van der Waals surface area contributed by atoms with E-state index in [0.29, 0.717) is 5.92 Å². The minimum absolute atomic E-state index is 0.541. The van der Waals surface area contributed by atoms with Crippen LogP contribution < -0.4 is 10.2 Å². The number of pyridine rings is 1. The van der Waals surface area contributed by atoms with E-state index in [1.54, 1.807) is 0 Å². The van der Waals surface area contributed by atoms with Crippen LogP contribution in [0.2, 0.25) is 0 Å². The Hall–Kier alpha value is -2.29. The van der Waals surface area contributed by atoms with Gasteiger partial charge in [-0.15, -0.1) is 0 Å². The van der Waals surface area contributed by atoms with Gasteiger partial charge in [-0.2, -0.15) is 0 Å². The quantitative estimate of drug-likeness (QED) is 0.638. The van der Waals surface area contributed by atoms with Crippen molar-refractivity contribution in [1.82, 2.24) is 10.3 Å². The normalized spacial score (nSPS) is 11.7. The van der Waals surface area contributed by atoms with E-state index in [1.165, 1.54) is 28.9 Å². The van der Waals surface area contributed by atoms with Crippen molar-refractivity contribution in [2.45, 2.75) is 46.6 Å². The average molecular weight is 352 g/mol. The first-order valence-electron chi connectivity index (χ1n) is 9.73. The summed E-state index contributed by atoms with van der Waals surface area (Å²) in [7, 11) is 2.14. The molecule has 140 valence electrons. The molecular weight excluding hydrogens is 318 g/mol. The highest BCUT2D eigenvalue weighted by atomic mass is 15.1. The molecule has 0 saturated carbocycles. The molecule has 0 aliphatic carbocycles. The molecule has 1 aromatic heterocycles. The van der Waals surface area contributed by atoms with E-state index in [0.717, 1.165) is 25.9 Å². The number of rotatable bonds is 10. The monoisotopic (exact) mass is 351 g/mol. The molecule has 0 amide bonds. The van der Waals surface area contributed by atoms with Gasteiger partial charge in [0.2, 0.25) is 0 Å². The van der Waals surface area contributed by atoms with Crippen LogP contribution in [0.4, 0.5) is 5.69 Å². The summed E-state index contributed by atoms with van der Waals surface area (Å²) in [5.41, 5.74) is 5.22. The van der Waals surface area contributed by atoms with Crippen molar-refractivity contribution < 1.29 is 0 Å². The SMILES string of the molecule is CCC/C=C(/NCCc1ccncc1N(C)Cc1ccccc1)C(C)C. The third-order valence-corrected chi connectivity index (χ3v) is 4.56. The summed E-state index contributed by atoms with van der Waals surface area (Å²) in [6.07, 6.45) is 9.55. The number of nitrogens with one attached hydrogen (secondary N) is 1. The molecule has 0 unspecified atom stereocenters. The van der Waals surface area contributed by atoms with Gasteiger partial charge in [-0.1, -0.05) is 63.6 Å². The van der Waals surface area contributed by atoms with E-state index in [-0.39, 0.29) is 0 Å². The molecule has 3 nitrogen and oxygen atoms in total. The molecule has 2 rings (SSSR count). The molecule has 0 bridgehead atoms. The molecule has 0 fully saturated rings. The second-order valence-corrected chi connectivity index (χ2v) is 7.13. The molecule has 2 aromatic rings.